The lowest BCUT2D eigenvalue weighted by molar-refractivity contribution is -0.174. The number of carbonyl (C=O) groups is 3. The van der Waals surface area contributed by atoms with Gasteiger partial charge in [0.1, 0.15) is 0 Å². The number of carbonyl (C=O) groups excluding carboxylic acids is 3. The first-order valence-corrected chi connectivity index (χ1v) is 10.2. The normalized spacial score (nSPS) is 17.1. The Morgan fingerprint density at radius 3 is 2.24 bits per heavy atom. The zero-order chi connectivity index (χ0) is 20.0. The number of fused-ring (bicyclic) bond motifs is 2. The summed E-state index contributed by atoms with van der Waals surface area (Å²) < 4.78 is 1.13. The number of rotatable bonds is 3. The molecule has 0 atom stereocenters. The average molecular weight is 407 g/mol. The van der Waals surface area contributed by atoms with Gasteiger partial charge in [0.25, 0.3) is 11.8 Å². The third-order valence-corrected chi connectivity index (χ3v) is 6.42. The minimum atomic E-state index is -0.592. The number of aromatic nitrogens is 1. The highest BCUT2D eigenvalue weighted by Gasteiger charge is 2.40. The van der Waals surface area contributed by atoms with E-state index in [0.717, 1.165) is 15.3 Å². The SMILES string of the molecule is O=C(ON1C(=O)c2ccccc2C1=O)C1CCN(c2nc3ccccc3s2)CC1. The van der Waals surface area contributed by atoms with Crippen molar-refractivity contribution in [3.05, 3.63) is 59.7 Å². The molecular weight excluding hydrogens is 390 g/mol. The molecule has 0 saturated carbocycles. The van der Waals surface area contributed by atoms with Crippen LogP contribution in [0.5, 0.6) is 0 Å². The topological polar surface area (TPSA) is 79.8 Å². The third-order valence-electron chi connectivity index (χ3n) is 5.32. The van der Waals surface area contributed by atoms with E-state index in [1.807, 2.05) is 24.3 Å². The van der Waals surface area contributed by atoms with E-state index in [0.29, 0.717) is 31.0 Å². The molecule has 146 valence electrons. The number of piperidine rings is 1. The van der Waals surface area contributed by atoms with Crippen molar-refractivity contribution in [1.29, 1.82) is 0 Å². The van der Waals surface area contributed by atoms with Crippen LogP contribution in [-0.4, -0.2) is 40.9 Å². The standard InChI is InChI=1S/C21H17N3O4S/c25-18-14-5-1-2-6-15(14)19(26)24(18)28-20(27)13-9-11-23(12-10-13)21-22-16-7-3-4-8-17(16)29-21/h1-8,13H,9-12H2. The molecule has 2 amide bonds. The van der Waals surface area contributed by atoms with Crippen molar-refractivity contribution in [3.8, 4) is 0 Å². The number of nitrogens with zero attached hydrogens (tertiary/aromatic N) is 3. The number of para-hydroxylation sites is 1. The Hall–Kier alpha value is -3.26. The van der Waals surface area contributed by atoms with Crippen LogP contribution in [0.25, 0.3) is 10.2 Å². The van der Waals surface area contributed by atoms with E-state index < -0.39 is 17.8 Å². The van der Waals surface area contributed by atoms with Crippen LogP contribution in [0, 0.1) is 5.92 Å². The van der Waals surface area contributed by atoms with Crippen LogP contribution in [0.3, 0.4) is 0 Å². The molecule has 1 aromatic heterocycles. The lowest BCUT2D eigenvalue weighted by Gasteiger charge is -2.30. The van der Waals surface area contributed by atoms with Crippen LogP contribution in [0.15, 0.2) is 48.5 Å². The number of amides is 2. The molecule has 2 aromatic carbocycles. The van der Waals surface area contributed by atoms with Gasteiger partial charge in [0.2, 0.25) is 0 Å². The molecule has 1 saturated heterocycles. The molecule has 0 spiro atoms. The maximum absolute atomic E-state index is 12.6. The molecule has 1 fully saturated rings. The summed E-state index contributed by atoms with van der Waals surface area (Å²) in [5, 5.41) is 1.53. The van der Waals surface area contributed by atoms with E-state index in [-0.39, 0.29) is 17.0 Å². The van der Waals surface area contributed by atoms with Crippen molar-refractivity contribution >= 4 is 44.5 Å². The summed E-state index contributed by atoms with van der Waals surface area (Å²) in [6, 6.07) is 14.4. The molecule has 5 rings (SSSR count). The van der Waals surface area contributed by atoms with E-state index in [9.17, 15) is 14.4 Å². The second-order valence-electron chi connectivity index (χ2n) is 7.09. The molecule has 0 N–H and O–H groups in total. The van der Waals surface area contributed by atoms with Gasteiger partial charge in [-0.15, -0.1) is 0 Å². The highest BCUT2D eigenvalue weighted by atomic mass is 32.1. The van der Waals surface area contributed by atoms with Crippen molar-refractivity contribution in [1.82, 2.24) is 10.0 Å². The lowest BCUT2D eigenvalue weighted by atomic mass is 9.97. The first-order valence-electron chi connectivity index (χ1n) is 9.42. The molecule has 2 aliphatic heterocycles. The Morgan fingerprint density at radius 1 is 0.966 bits per heavy atom. The largest absolute Gasteiger partial charge is 0.348 e. The summed E-state index contributed by atoms with van der Waals surface area (Å²) in [5.74, 6) is -2.08. The summed E-state index contributed by atoms with van der Waals surface area (Å²) in [6.45, 7) is 1.34. The maximum atomic E-state index is 12.6. The highest BCUT2D eigenvalue weighted by molar-refractivity contribution is 7.22. The minimum absolute atomic E-state index is 0.260. The van der Waals surface area contributed by atoms with Crippen LogP contribution in [-0.2, 0) is 9.63 Å². The predicted octanol–water partition coefficient (Wildman–Crippen LogP) is 3.27. The number of hydrogen-bond donors (Lipinski definition) is 0. The zero-order valence-electron chi connectivity index (χ0n) is 15.4. The van der Waals surface area contributed by atoms with Crippen molar-refractivity contribution in [2.45, 2.75) is 12.8 Å². The third kappa shape index (κ3) is 3.05. The van der Waals surface area contributed by atoms with Gasteiger partial charge in [-0.3, -0.25) is 9.59 Å². The van der Waals surface area contributed by atoms with Crippen molar-refractivity contribution in [2.24, 2.45) is 5.92 Å². The number of imide groups is 1. The Morgan fingerprint density at radius 2 is 1.59 bits per heavy atom. The van der Waals surface area contributed by atoms with E-state index in [1.165, 1.54) is 0 Å². The first-order chi connectivity index (χ1) is 14.1. The fourth-order valence-corrected chi connectivity index (χ4v) is 4.73. The van der Waals surface area contributed by atoms with Crippen molar-refractivity contribution < 1.29 is 19.2 Å². The van der Waals surface area contributed by atoms with Gasteiger partial charge in [-0.25, -0.2) is 9.78 Å². The molecule has 3 heterocycles. The number of hydrogen-bond acceptors (Lipinski definition) is 7. The van der Waals surface area contributed by atoms with Gasteiger partial charge in [0, 0.05) is 13.1 Å². The van der Waals surface area contributed by atoms with Gasteiger partial charge < -0.3 is 9.74 Å². The van der Waals surface area contributed by atoms with E-state index in [4.69, 9.17) is 4.84 Å². The number of thiazole rings is 1. The fraction of sp³-hybridized carbons (Fsp3) is 0.238. The molecule has 0 aliphatic carbocycles. The van der Waals surface area contributed by atoms with Gasteiger partial charge in [-0.1, -0.05) is 40.7 Å². The molecular formula is C21H17N3O4S. The predicted molar refractivity (Wildman–Crippen MR) is 108 cm³/mol. The Balaban J connectivity index is 1.23. The van der Waals surface area contributed by atoms with E-state index in [1.54, 1.807) is 35.6 Å². The minimum Gasteiger partial charge on any atom is -0.348 e. The van der Waals surface area contributed by atoms with Crippen LogP contribution >= 0.6 is 11.3 Å². The van der Waals surface area contributed by atoms with Crippen LogP contribution < -0.4 is 4.90 Å². The molecule has 7 nitrogen and oxygen atoms in total. The summed E-state index contributed by atoms with van der Waals surface area (Å²) in [4.78, 5) is 49.3. The summed E-state index contributed by atoms with van der Waals surface area (Å²) in [7, 11) is 0. The number of benzene rings is 2. The molecule has 8 heteroatoms. The number of hydroxylamine groups is 2. The Labute approximate surface area is 170 Å². The van der Waals surface area contributed by atoms with Gasteiger partial charge in [0.05, 0.1) is 27.3 Å². The Bertz CT molecular complexity index is 1070. The summed E-state index contributed by atoms with van der Waals surface area (Å²) in [6.07, 6.45) is 1.16. The fourth-order valence-electron chi connectivity index (χ4n) is 3.72. The number of anilines is 1. The van der Waals surface area contributed by atoms with Crippen LogP contribution in [0.4, 0.5) is 5.13 Å². The Kier molecular flexibility index (Phi) is 4.28. The van der Waals surface area contributed by atoms with Gasteiger partial charge in [-0.2, -0.15) is 0 Å². The monoisotopic (exact) mass is 407 g/mol. The molecule has 0 bridgehead atoms. The second-order valence-corrected chi connectivity index (χ2v) is 8.10. The quantitative estimate of drug-likeness (QED) is 0.620. The van der Waals surface area contributed by atoms with Gasteiger partial charge in [0.15, 0.2) is 5.13 Å². The molecule has 2 aliphatic rings. The molecule has 0 radical (unpaired) electrons. The molecule has 3 aromatic rings. The lowest BCUT2D eigenvalue weighted by Crippen LogP contribution is -2.40. The first kappa shape index (κ1) is 17.8. The second kappa shape index (κ2) is 6.97. The maximum Gasteiger partial charge on any atom is 0.336 e. The van der Waals surface area contributed by atoms with Crippen molar-refractivity contribution in [2.75, 3.05) is 18.0 Å². The summed E-state index contributed by atoms with van der Waals surface area (Å²) >= 11 is 1.63. The highest BCUT2D eigenvalue weighted by Crippen LogP contribution is 2.32. The smallest absolute Gasteiger partial charge is 0.336 e. The zero-order valence-corrected chi connectivity index (χ0v) is 16.2. The van der Waals surface area contributed by atoms with Gasteiger partial charge in [-0.05, 0) is 37.1 Å². The molecule has 0 unspecified atom stereocenters. The van der Waals surface area contributed by atoms with E-state index >= 15 is 0 Å². The van der Waals surface area contributed by atoms with Crippen molar-refractivity contribution in [3.63, 3.8) is 0 Å². The van der Waals surface area contributed by atoms with Crippen LogP contribution in [0.1, 0.15) is 33.6 Å². The molecule has 29 heavy (non-hydrogen) atoms. The average Bonchev–Trinajstić information content (AvgIpc) is 3.29. The van der Waals surface area contributed by atoms with Gasteiger partial charge >= 0.3 is 5.97 Å². The van der Waals surface area contributed by atoms with Crippen LogP contribution in [0.2, 0.25) is 0 Å². The summed E-state index contributed by atoms with van der Waals surface area (Å²) in [5.41, 5.74) is 1.49. The van der Waals surface area contributed by atoms with E-state index in [2.05, 4.69) is 9.88 Å².